The summed E-state index contributed by atoms with van der Waals surface area (Å²) in [5.41, 5.74) is 3.16. The first kappa shape index (κ1) is 19.8. The Kier molecular flexibility index (Phi) is 6.05. The van der Waals surface area contributed by atoms with Gasteiger partial charge in [-0.05, 0) is 44.0 Å². The molecule has 4 rings (SSSR count). The molecular formula is C24H31N3O2. The number of para-hydroxylation sites is 2. The lowest BCUT2D eigenvalue weighted by molar-refractivity contribution is 0.0563. The average molecular weight is 394 g/mol. The summed E-state index contributed by atoms with van der Waals surface area (Å²) in [5, 5.41) is 0. The Morgan fingerprint density at radius 1 is 0.966 bits per heavy atom. The van der Waals surface area contributed by atoms with Crippen LogP contribution < -0.4 is 9.64 Å². The third-order valence-electron chi connectivity index (χ3n) is 6.24. The fraction of sp³-hybridized carbons (Fsp3) is 0.458. The second-order valence-electron chi connectivity index (χ2n) is 8.11. The van der Waals surface area contributed by atoms with Gasteiger partial charge in [0.25, 0.3) is 5.91 Å². The number of likely N-dealkylation sites (tertiary alicyclic amines) is 1. The van der Waals surface area contributed by atoms with Crippen LogP contribution in [0.25, 0.3) is 0 Å². The van der Waals surface area contributed by atoms with Crippen molar-refractivity contribution in [2.75, 3.05) is 51.3 Å². The summed E-state index contributed by atoms with van der Waals surface area (Å²) in [7, 11) is 1.73. The van der Waals surface area contributed by atoms with Crippen LogP contribution in [0.1, 0.15) is 28.8 Å². The van der Waals surface area contributed by atoms with Gasteiger partial charge in [0.2, 0.25) is 0 Å². The summed E-state index contributed by atoms with van der Waals surface area (Å²) in [6, 6.07) is 16.6. The lowest BCUT2D eigenvalue weighted by atomic mass is 10.0. The zero-order valence-electron chi connectivity index (χ0n) is 17.5. The van der Waals surface area contributed by atoms with E-state index >= 15 is 0 Å². The van der Waals surface area contributed by atoms with Crippen LogP contribution in [-0.4, -0.2) is 68.1 Å². The van der Waals surface area contributed by atoms with Gasteiger partial charge in [0.05, 0.1) is 12.8 Å². The first-order valence-electron chi connectivity index (χ1n) is 10.6. The smallest absolute Gasteiger partial charge is 0.253 e. The number of nitrogens with zero attached hydrogens (tertiary/aromatic N) is 3. The quantitative estimate of drug-likeness (QED) is 0.797. The van der Waals surface area contributed by atoms with Gasteiger partial charge < -0.3 is 14.5 Å². The fourth-order valence-electron chi connectivity index (χ4n) is 4.53. The lowest BCUT2D eigenvalue weighted by Crippen LogP contribution is -2.55. The number of piperazine rings is 1. The summed E-state index contributed by atoms with van der Waals surface area (Å²) < 4.78 is 5.53. The number of carbonyl (C=O) groups excluding carboxylic acids is 1. The van der Waals surface area contributed by atoms with Gasteiger partial charge in [0.1, 0.15) is 5.75 Å². The van der Waals surface area contributed by atoms with Gasteiger partial charge in [-0.3, -0.25) is 9.69 Å². The van der Waals surface area contributed by atoms with Crippen LogP contribution in [0.5, 0.6) is 5.75 Å². The molecule has 0 aromatic heterocycles. The molecule has 154 valence electrons. The molecule has 2 aliphatic rings. The van der Waals surface area contributed by atoms with Crippen LogP contribution in [0.15, 0.2) is 48.5 Å². The van der Waals surface area contributed by atoms with Crippen molar-refractivity contribution in [3.05, 3.63) is 59.7 Å². The van der Waals surface area contributed by atoms with Crippen LogP contribution in [0.3, 0.4) is 0 Å². The van der Waals surface area contributed by atoms with Crippen molar-refractivity contribution < 1.29 is 9.53 Å². The average Bonchev–Trinajstić information content (AvgIpc) is 2.79. The number of aryl methyl sites for hydroxylation is 1. The molecular weight excluding hydrogens is 362 g/mol. The van der Waals surface area contributed by atoms with E-state index in [1.54, 1.807) is 7.11 Å². The highest BCUT2D eigenvalue weighted by Gasteiger charge is 2.30. The molecule has 1 amide bonds. The van der Waals surface area contributed by atoms with E-state index in [0.717, 1.165) is 57.0 Å². The number of hydrogen-bond donors (Lipinski definition) is 0. The Bertz CT molecular complexity index is 828. The number of amides is 1. The number of carbonyl (C=O) groups is 1. The number of anilines is 1. The van der Waals surface area contributed by atoms with Crippen LogP contribution in [0.2, 0.25) is 0 Å². The molecule has 2 heterocycles. The molecule has 2 aromatic carbocycles. The highest BCUT2D eigenvalue weighted by Crippen LogP contribution is 2.29. The van der Waals surface area contributed by atoms with Crippen LogP contribution in [0.4, 0.5) is 5.69 Å². The Hall–Kier alpha value is -2.53. The van der Waals surface area contributed by atoms with E-state index in [-0.39, 0.29) is 5.91 Å². The minimum absolute atomic E-state index is 0.169. The topological polar surface area (TPSA) is 36.0 Å². The summed E-state index contributed by atoms with van der Waals surface area (Å²) >= 11 is 0. The van der Waals surface area contributed by atoms with Crippen LogP contribution in [0, 0.1) is 6.92 Å². The Morgan fingerprint density at radius 2 is 1.69 bits per heavy atom. The van der Waals surface area contributed by atoms with Crippen molar-refractivity contribution in [3.63, 3.8) is 0 Å². The van der Waals surface area contributed by atoms with Gasteiger partial charge in [-0.2, -0.15) is 0 Å². The van der Waals surface area contributed by atoms with Crippen molar-refractivity contribution in [2.24, 2.45) is 0 Å². The molecule has 0 aliphatic carbocycles. The van der Waals surface area contributed by atoms with Gasteiger partial charge in [-0.25, -0.2) is 0 Å². The predicted octanol–water partition coefficient (Wildman–Crippen LogP) is 3.43. The third kappa shape index (κ3) is 4.40. The van der Waals surface area contributed by atoms with Crippen LogP contribution >= 0.6 is 0 Å². The molecule has 0 bridgehead atoms. The molecule has 29 heavy (non-hydrogen) atoms. The van der Waals surface area contributed by atoms with Gasteiger partial charge in [0, 0.05) is 50.9 Å². The summed E-state index contributed by atoms with van der Waals surface area (Å²) in [6.45, 7) is 7.78. The van der Waals surface area contributed by atoms with Crippen LogP contribution in [-0.2, 0) is 0 Å². The number of methoxy groups -OCH3 is 1. The monoisotopic (exact) mass is 393 g/mol. The molecule has 0 saturated carbocycles. The third-order valence-corrected chi connectivity index (χ3v) is 6.24. The zero-order valence-corrected chi connectivity index (χ0v) is 17.5. The first-order chi connectivity index (χ1) is 14.2. The van der Waals surface area contributed by atoms with Gasteiger partial charge in [-0.15, -0.1) is 0 Å². The molecule has 0 N–H and O–H groups in total. The Morgan fingerprint density at radius 3 is 2.41 bits per heavy atom. The Labute approximate surface area is 173 Å². The van der Waals surface area contributed by atoms with E-state index in [4.69, 9.17) is 4.74 Å². The van der Waals surface area contributed by atoms with E-state index in [2.05, 4.69) is 28.9 Å². The molecule has 1 unspecified atom stereocenters. The van der Waals surface area contributed by atoms with Crippen molar-refractivity contribution >= 4 is 11.6 Å². The molecule has 5 nitrogen and oxygen atoms in total. The van der Waals surface area contributed by atoms with Gasteiger partial charge >= 0.3 is 0 Å². The molecule has 2 saturated heterocycles. The molecule has 0 radical (unpaired) electrons. The zero-order chi connectivity index (χ0) is 20.2. The highest BCUT2D eigenvalue weighted by molar-refractivity contribution is 5.94. The number of ether oxygens (including phenoxy) is 1. The van der Waals surface area contributed by atoms with E-state index in [1.165, 1.54) is 17.7 Å². The number of rotatable bonds is 4. The molecule has 0 spiro atoms. The lowest BCUT2D eigenvalue weighted by Gasteiger charge is -2.44. The minimum atomic E-state index is 0.169. The molecule has 2 aliphatic heterocycles. The maximum atomic E-state index is 12.9. The maximum absolute atomic E-state index is 12.9. The van der Waals surface area contributed by atoms with Crippen molar-refractivity contribution in [2.45, 2.75) is 25.8 Å². The van der Waals surface area contributed by atoms with E-state index in [0.29, 0.717) is 6.04 Å². The SMILES string of the molecule is COc1ccccc1N1CCN(C2CCCN(C(=O)c3ccc(C)cc3)C2)CC1. The van der Waals surface area contributed by atoms with Gasteiger partial charge in [-0.1, -0.05) is 29.8 Å². The standard InChI is InChI=1S/C24H31N3O2/c1-19-9-11-20(12-10-19)24(28)27-13-5-6-21(18-27)25-14-16-26(17-15-25)22-7-3-4-8-23(22)29-2/h3-4,7-12,21H,5-6,13-18H2,1-2H3. The molecule has 5 heteroatoms. The van der Waals surface area contributed by atoms with E-state index < -0.39 is 0 Å². The second kappa shape index (κ2) is 8.87. The summed E-state index contributed by atoms with van der Waals surface area (Å²) in [6.07, 6.45) is 2.25. The van der Waals surface area contributed by atoms with Gasteiger partial charge in [0.15, 0.2) is 0 Å². The highest BCUT2D eigenvalue weighted by atomic mass is 16.5. The predicted molar refractivity (Wildman–Crippen MR) is 117 cm³/mol. The number of benzene rings is 2. The van der Waals surface area contributed by atoms with Crippen molar-refractivity contribution in [1.29, 1.82) is 0 Å². The Balaban J connectivity index is 1.36. The largest absolute Gasteiger partial charge is 0.495 e. The first-order valence-corrected chi connectivity index (χ1v) is 10.6. The minimum Gasteiger partial charge on any atom is -0.495 e. The molecule has 2 fully saturated rings. The number of hydrogen-bond acceptors (Lipinski definition) is 4. The molecule has 1 atom stereocenters. The summed E-state index contributed by atoms with van der Waals surface area (Å²) in [4.78, 5) is 20.0. The summed E-state index contributed by atoms with van der Waals surface area (Å²) in [5.74, 6) is 1.11. The number of piperidine rings is 1. The van der Waals surface area contributed by atoms with E-state index in [1.807, 2.05) is 41.3 Å². The normalized spacial score (nSPS) is 20.6. The fourth-order valence-corrected chi connectivity index (χ4v) is 4.53. The molecule has 2 aromatic rings. The second-order valence-corrected chi connectivity index (χ2v) is 8.11. The van der Waals surface area contributed by atoms with E-state index in [9.17, 15) is 4.79 Å². The maximum Gasteiger partial charge on any atom is 0.253 e. The van der Waals surface area contributed by atoms with Crippen molar-refractivity contribution in [1.82, 2.24) is 9.80 Å². The van der Waals surface area contributed by atoms with Crippen molar-refractivity contribution in [3.8, 4) is 5.75 Å².